The maximum absolute atomic E-state index is 13.5. The topological polar surface area (TPSA) is 113 Å². The van der Waals surface area contributed by atoms with Crippen LogP contribution in [0.15, 0.2) is 48.5 Å². The van der Waals surface area contributed by atoms with Gasteiger partial charge in [-0.15, -0.1) is 11.3 Å². The van der Waals surface area contributed by atoms with Gasteiger partial charge in [-0.05, 0) is 66.8 Å². The fraction of sp³-hybridized carbons (Fsp3) is 0.500. The number of carbonyl (C=O) groups is 1. The Hall–Kier alpha value is -3.14. The minimum absolute atomic E-state index is 0.0193. The number of ether oxygens (including phenoxy) is 2. The van der Waals surface area contributed by atoms with Crippen LogP contribution in [0.25, 0.3) is 0 Å². The Morgan fingerprint density at radius 1 is 1.12 bits per heavy atom. The molecule has 41 heavy (non-hydrogen) atoms. The van der Waals surface area contributed by atoms with E-state index in [1.807, 2.05) is 55.5 Å². The van der Waals surface area contributed by atoms with Crippen LogP contribution in [0.4, 0.5) is 10.8 Å². The third-order valence-corrected chi connectivity index (χ3v) is 10.5. The molecule has 4 N–H and O–H groups in total. The number of fused-ring (bicyclic) bond motifs is 2. The molecule has 8 nitrogen and oxygen atoms in total. The van der Waals surface area contributed by atoms with Crippen molar-refractivity contribution in [1.29, 1.82) is 0 Å². The van der Waals surface area contributed by atoms with E-state index in [9.17, 15) is 15.0 Å². The third kappa shape index (κ3) is 5.67. The maximum Gasteiger partial charge on any atom is 0.220 e. The van der Waals surface area contributed by atoms with Crippen LogP contribution in [-0.4, -0.2) is 54.6 Å². The Kier molecular flexibility index (Phi) is 8.59. The molecule has 1 saturated carbocycles. The highest BCUT2D eigenvalue weighted by Gasteiger charge is 2.59. The van der Waals surface area contributed by atoms with Gasteiger partial charge in [-0.3, -0.25) is 4.79 Å². The zero-order valence-corrected chi connectivity index (χ0v) is 25.1. The van der Waals surface area contributed by atoms with Gasteiger partial charge in [0.2, 0.25) is 5.91 Å². The van der Waals surface area contributed by atoms with Crippen molar-refractivity contribution < 1.29 is 24.5 Å². The quantitative estimate of drug-likeness (QED) is 0.265. The Balaban J connectivity index is 1.37. The van der Waals surface area contributed by atoms with Gasteiger partial charge in [0.15, 0.2) is 16.6 Å². The fourth-order valence-corrected chi connectivity index (χ4v) is 8.07. The summed E-state index contributed by atoms with van der Waals surface area (Å²) in [6, 6.07) is 15.7. The van der Waals surface area contributed by atoms with Crippen LogP contribution in [-0.2, 0) is 17.6 Å². The van der Waals surface area contributed by atoms with E-state index >= 15 is 0 Å². The van der Waals surface area contributed by atoms with E-state index in [-0.39, 0.29) is 29.8 Å². The van der Waals surface area contributed by atoms with Gasteiger partial charge < -0.3 is 30.3 Å². The van der Waals surface area contributed by atoms with Gasteiger partial charge in [0.05, 0.1) is 32.6 Å². The number of aliphatic hydroxyl groups is 2. The number of nitrogens with zero attached hydrogens (tertiary/aromatic N) is 1. The van der Waals surface area contributed by atoms with Crippen LogP contribution in [0.5, 0.6) is 11.5 Å². The fourth-order valence-electron chi connectivity index (χ4n) is 6.98. The summed E-state index contributed by atoms with van der Waals surface area (Å²) in [5, 5.41) is 28.9. The number of thiazole rings is 1. The van der Waals surface area contributed by atoms with Crippen LogP contribution in [0.2, 0.25) is 0 Å². The van der Waals surface area contributed by atoms with Gasteiger partial charge in [0.1, 0.15) is 0 Å². The summed E-state index contributed by atoms with van der Waals surface area (Å²) in [6.45, 7) is 4.63. The highest BCUT2D eigenvalue weighted by molar-refractivity contribution is 7.15. The molecule has 5 unspecified atom stereocenters. The number of nitrogens with one attached hydrogen (secondary N) is 2. The summed E-state index contributed by atoms with van der Waals surface area (Å²) in [5.41, 5.74) is 2.04. The van der Waals surface area contributed by atoms with E-state index in [1.165, 1.54) is 0 Å². The number of methoxy groups -OCH3 is 2. The van der Waals surface area contributed by atoms with Gasteiger partial charge >= 0.3 is 0 Å². The third-order valence-electron chi connectivity index (χ3n) is 9.49. The number of carbonyl (C=O) groups excluding carboxylic acids is 1. The number of hydrogen-bond donors (Lipinski definition) is 4. The van der Waals surface area contributed by atoms with E-state index in [0.717, 1.165) is 39.8 Å². The molecule has 0 radical (unpaired) electrons. The highest BCUT2D eigenvalue weighted by Crippen LogP contribution is 2.62. The van der Waals surface area contributed by atoms with Crippen LogP contribution < -0.4 is 20.1 Å². The van der Waals surface area contributed by atoms with Crippen molar-refractivity contribution >= 4 is 28.1 Å². The van der Waals surface area contributed by atoms with Crippen molar-refractivity contribution in [2.45, 2.75) is 58.0 Å². The molecule has 0 saturated heterocycles. The number of aromatic nitrogens is 1. The summed E-state index contributed by atoms with van der Waals surface area (Å²) >= 11 is 1.61. The molecule has 1 amide bonds. The van der Waals surface area contributed by atoms with E-state index in [2.05, 4.69) is 17.6 Å². The lowest BCUT2D eigenvalue weighted by atomic mass is 9.47. The molecule has 1 aromatic heterocycles. The monoisotopic (exact) mass is 579 g/mol. The summed E-state index contributed by atoms with van der Waals surface area (Å²) in [5.74, 6) is 1.21. The lowest BCUT2D eigenvalue weighted by Gasteiger charge is -2.58. The average molecular weight is 580 g/mol. The largest absolute Gasteiger partial charge is 0.493 e. The second kappa shape index (κ2) is 12.0. The molecule has 5 atom stereocenters. The second-order valence-electron chi connectivity index (χ2n) is 11.8. The average Bonchev–Trinajstić information content (AvgIpc) is 3.38. The van der Waals surface area contributed by atoms with Crippen LogP contribution in [0.3, 0.4) is 0 Å². The molecule has 3 aromatic rings. The van der Waals surface area contributed by atoms with Crippen molar-refractivity contribution in [1.82, 2.24) is 10.3 Å². The first-order valence-corrected chi connectivity index (χ1v) is 15.1. The number of hydrogen-bond acceptors (Lipinski definition) is 8. The number of para-hydroxylation sites is 1. The summed E-state index contributed by atoms with van der Waals surface area (Å²) < 4.78 is 10.7. The van der Waals surface area contributed by atoms with Gasteiger partial charge in [-0.2, -0.15) is 0 Å². The normalized spacial score (nSPS) is 26.9. The summed E-state index contributed by atoms with van der Waals surface area (Å²) in [4.78, 5) is 19.6. The van der Waals surface area contributed by atoms with E-state index in [0.29, 0.717) is 37.3 Å². The zero-order valence-electron chi connectivity index (χ0n) is 24.3. The van der Waals surface area contributed by atoms with Crippen molar-refractivity contribution in [3.05, 3.63) is 64.7 Å². The number of anilines is 2. The van der Waals surface area contributed by atoms with Crippen LogP contribution in [0.1, 0.15) is 55.2 Å². The smallest absolute Gasteiger partial charge is 0.220 e. The lowest BCUT2D eigenvalue weighted by molar-refractivity contribution is -0.144. The molecule has 1 heterocycles. The first-order valence-electron chi connectivity index (χ1n) is 14.3. The van der Waals surface area contributed by atoms with Gasteiger partial charge in [-0.25, -0.2) is 4.98 Å². The zero-order chi connectivity index (χ0) is 29.2. The molecule has 2 aliphatic rings. The van der Waals surface area contributed by atoms with Gasteiger partial charge in [0.25, 0.3) is 0 Å². The van der Waals surface area contributed by atoms with Crippen molar-refractivity contribution in [3.8, 4) is 11.5 Å². The minimum atomic E-state index is -0.649. The first-order chi connectivity index (χ1) is 19.7. The number of rotatable bonds is 10. The van der Waals surface area contributed by atoms with Crippen LogP contribution >= 0.6 is 11.3 Å². The predicted octanol–water partition coefficient (Wildman–Crippen LogP) is 5.07. The standard InChI is InChI=1S/C32H41N3O5S/c1-31-14-12-27(37)32(2,19-36)26(31)18-25-29(35-30(41-25)34-21-8-6-5-7-9-21)22(31)17-28(38)33-15-13-20-10-11-23(39-3)24(16-20)40-4/h5-11,16,22,26-27,36-37H,12-15,17-19H2,1-4H3,(H,33,38)(H,34,35). The number of benzene rings is 2. The molecule has 0 aliphatic heterocycles. The molecular weight excluding hydrogens is 538 g/mol. The first kappa shape index (κ1) is 29.4. The SMILES string of the molecule is COc1ccc(CCNC(=O)CC2c3nc(Nc4ccccc4)sc3CC3C(C)(CO)C(O)CCC23C)cc1OC. The second-order valence-corrected chi connectivity index (χ2v) is 12.9. The van der Waals surface area contributed by atoms with Crippen molar-refractivity contribution in [2.24, 2.45) is 16.7 Å². The van der Waals surface area contributed by atoms with E-state index in [4.69, 9.17) is 14.5 Å². The number of amides is 1. The molecule has 2 aromatic carbocycles. The molecule has 2 aliphatic carbocycles. The molecular formula is C32H41N3O5S. The molecule has 0 spiro atoms. The molecule has 0 bridgehead atoms. The van der Waals surface area contributed by atoms with Crippen LogP contribution in [0, 0.1) is 16.7 Å². The van der Waals surface area contributed by atoms with Crippen molar-refractivity contribution in [3.63, 3.8) is 0 Å². The van der Waals surface area contributed by atoms with E-state index in [1.54, 1.807) is 25.6 Å². The molecule has 5 rings (SSSR count). The predicted molar refractivity (Wildman–Crippen MR) is 161 cm³/mol. The maximum atomic E-state index is 13.5. The number of aliphatic hydroxyl groups excluding tert-OH is 2. The Morgan fingerprint density at radius 2 is 1.88 bits per heavy atom. The minimum Gasteiger partial charge on any atom is -0.493 e. The Labute approximate surface area is 246 Å². The van der Waals surface area contributed by atoms with E-state index < -0.39 is 11.5 Å². The Morgan fingerprint density at radius 3 is 2.59 bits per heavy atom. The molecule has 9 heteroatoms. The molecule has 220 valence electrons. The highest BCUT2D eigenvalue weighted by atomic mass is 32.1. The Bertz CT molecular complexity index is 1360. The van der Waals surface area contributed by atoms with Gasteiger partial charge in [0, 0.05) is 34.9 Å². The summed E-state index contributed by atoms with van der Waals surface area (Å²) in [7, 11) is 3.22. The van der Waals surface area contributed by atoms with Gasteiger partial charge in [-0.1, -0.05) is 38.1 Å². The van der Waals surface area contributed by atoms with Crippen molar-refractivity contribution in [2.75, 3.05) is 32.7 Å². The molecule has 1 fully saturated rings. The summed E-state index contributed by atoms with van der Waals surface area (Å²) in [6.07, 6.45) is 2.48. The lowest BCUT2D eigenvalue weighted by Crippen LogP contribution is -2.57.